The number of carbonyl (C=O) groups is 2. The molecule has 31 heavy (non-hydrogen) atoms. The first-order valence-corrected chi connectivity index (χ1v) is 10.9. The third-order valence-electron chi connectivity index (χ3n) is 6.15. The van der Waals surface area contributed by atoms with Crippen LogP contribution in [0, 0.1) is 6.92 Å². The predicted octanol–water partition coefficient (Wildman–Crippen LogP) is 2.73. The maximum Gasteiger partial charge on any atom is 0.254 e. The largest absolute Gasteiger partial charge is 0.368 e. The second-order valence-electron chi connectivity index (χ2n) is 8.43. The molecular formula is C25H30N2O4. The molecule has 164 valence electrons. The molecule has 0 aromatic heterocycles. The molecule has 2 fully saturated rings. The summed E-state index contributed by atoms with van der Waals surface area (Å²) in [7, 11) is 1.61. The number of amides is 2. The minimum Gasteiger partial charge on any atom is -0.368 e. The van der Waals surface area contributed by atoms with Gasteiger partial charge in [0.2, 0.25) is 0 Å². The molecule has 0 spiro atoms. The molecule has 1 N–H and O–H groups in total. The number of rotatable bonds is 5. The third kappa shape index (κ3) is 4.65. The Balaban J connectivity index is 1.58. The van der Waals surface area contributed by atoms with Crippen LogP contribution in [0.1, 0.15) is 24.0 Å². The van der Waals surface area contributed by atoms with Gasteiger partial charge in [0.1, 0.15) is 6.10 Å². The molecule has 2 heterocycles. The van der Waals surface area contributed by atoms with E-state index in [1.807, 2.05) is 12.1 Å². The van der Waals surface area contributed by atoms with Crippen molar-refractivity contribution in [2.45, 2.75) is 37.9 Å². The first-order chi connectivity index (χ1) is 15.0. The van der Waals surface area contributed by atoms with Crippen LogP contribution in [0.3, 0.4) is 0 Å². The van der Waals surface area contributed by atoms with Crippen molar-refractivity contribution in [3.63, 3.8) is 0 Å². The van der Waals surface area contributed by atoms with Gasteiger partial charge in [-0.2, -0.15) is 0 Å². The Morgan fingerprint density at radius 2 is 1.94 bits per heavy atom. The van der Waals surface area contributed by atoms with Gasteiger partial charge in [0.15, 0.2) is 5.60 Å². The van der Waals surface area contributed by atoms with Crippen molar-refractivity contribution >= 4 is 11.8 Å². The van der Waals surface area contributed by atoms with E-state index in [9.17, 15) is 9.59 Å². The Bertz CT molecular complexity index is 937. The van der Waals surface area contributed by atoms with Crippen molar-refractivity contribution in [1.29, 1.82) is 0 Å². The number of nitrogens with zero attached hydrogens (tertiary/aromatic N) is 1. The fraction of sp³-hybridized carbons (Fsp3) is 0.440. The third-order valence-corrected chi connectivity index (χ3v) is 6.15. The van der Waals surface area contributed by atoms with Crippen LogP contribution in [-0.4, -0.2) is 61.8 Å². The summed E-state index contributed by atoms with van der Waals surface area (Å²) in [5.74, 6) is -0.249. The Hall–Kier alpha value is -2.70. The van der Waals surface area contributed by atoms with Gasteiger partial charge in [-0.05, 0) is 36.5 Å². The summed E-state index contributed by atoms with van der Waals surface area (Å²) in [5, 5.41) is 2.74. The molecule has 2 aromatic rings. The van der Waals surface area contributed by atoms with E-state index >= 15 is 0 Å². The number of morpholine rings is 1. The second-order valence-corrected chi connectivity index (χ2v) is 8.43. The number of carbonyl (C=O) groups excluding carboxylic acids is 2. The zero-order chi connectivity index (χ0) is 21.8. The Kier molecular flexibility index (Phi) is 6.39. The van der Waals surface area contributed by atoms with E-state index in [-0.39, 0.29) is 18.4 Å². The van der Waals surface area contributed by atoms with Gasteiger partial charge in [0, 0.05) is 26.6 Å². The smallest absolute Gasteiger partial charge is 0.254 e. The van der Waals surface area contributed by atoms with Crippen LogP contribution in [0.4, 0.5) is 0 Å². The van der Waals surface area contributed by atoms with Gasteiger partial charge in [-0.1, -0.05) is 54.1 Å². The summed E-state index contributed by atoms with van der Waals surface area (Å²) in [4.78, 5) is 27.6. The summed E-state index contributed by atoms with van der Waals surface area (Å²) in [6, 6.07) is 16.5. The molecular weight excluding hydrogens is 392 g/mol. The van der Waals surface area contributed by atoms with Crippen LogP contribution in [0.15, 0.2) is 48.5 Å². The molecule has 2 amide bonds. The summed E-state index contributed by atoms with van der Waals surface area (Å²) in [5.41, 5.74) is 3.31. The van der Waals surface area contributed by atoms with Gasteiger partial charge in [0.25, 0.3) is 11.8 Å². The molecule has 2 unspecified atom stereocenters. The molecule has 2 aromatic carbocycles. The molecule has 6 nitrogen and oxygen atoms in total. The highest BCUT2D eigenvalue weighted by atomic mass is 16.5. The van der Waals surface area contributed by atoms with Gasteiger partial charge in [-0.3, -0.25) is 9.59 Å². The van der Waals surface area contributed by atoms with Gasteiger partial charge in [0.05, 0.1) is 13.2 Å². The molecule has 2 atom stereocenters. The monoisotopic (exact) mass is 422 g/mol. The zero-order valence-corrected chi connectivity index (χ0v) is 18.2. The van der Waals surface area contributed by atoms with E-state index in [1.165, 1.54) is 5.56 Å². The maximum atomic E-state index is 13.0. The van der Waals surface area contributed by atoms with Gasteiger partial charge in [-0.25, -0.2) is 0 Å². The number of hydrogen-bond donors (Lipinski definition) is 1. The van der Waals surface area contributed by atoms with E-state index in [2.05, 4.69) is 48.6 Å². The van der Waals surface area contributed by atoms with E-state index in [1.54, 1.807) is 11.9 Å². The summed E-state index contributed by atoms with van der Waals surface area (Å²) in [6.45, 7) is 3.70. The standard InChI is InChI=1S/C25H30N2O4/c1-18-8-10-20(11-9-18)21-6-3-5-19(15-21)16-25(24(29)26-2)17-27(12-14-31-25)23(28)22-7-4-13-30-22/h3,5-6,8-11,15,22H,4,7,12-14,16-17H2,1-2H3,(H,26,29). The van der Waals surface area contributed by atoms with Crippen LogP contribution in [0.5, 0.6) is 0 Å². The van der Waals surface area contributed by atoms with Crippen molar-refractivity contribution in [2.75, 3.05) is 33.4 Å². The average Bonchev–Trinajstić information content (AvgIpc) is 3.34. The van der Waals surface area contributed by atoms with Crippen LogP contribution < -0.4 is 5.32 Å². The lowest BCUT2D eigenvalue weighted by Gasteiger charge is -2.42. The lowest BCUT2D eigenvalue weighted by Crippen LogP contribution is -2.62. The lowest BCUT2D eigenvalue weighted by molar-refractivity contribution is -0.169. The lowest BCUT2D eigenvalue weighted by atomic mass is 9.89. The topological polar surface area (TPSA) is 67.9 Å². The highest BCUT2D eigenvalue weighted by Crippen LogP contribution is 2.28. The van der Waals surface area contributed by atoms with Crippen molar-refractivity contribution in [3.05, 3.63) is 59.7 Å². The molecule has 0 bridgehead atoms. The van der Waals surface area contributed by atoms with Gasteiger partial charge < -0.3 is 19.7 Å². The summed E-state index contributed by atoms with van der Waals surface area (Å²) < 4.78 is 11.7. The van der Waals surface area contributed by atoms with Gasteiger partial charge >= 0.3 is 0 Å². The predicted molar refractivity (Wildman–Crippen MR) is 119 cm³/mol. The molecule has 6 heteroatoms. The normalized spacial score (nSPS) is 23.5. The van der Waals surface area contributed by atoms with Crippen LogP contribution in [0.2, 0.25) is 0 Å². The van der Waals surface area contributed by atoms with Gasteiger partial charge in [-0.15, -0.1) is 0 Å². The minimum absolute atomic E-state index is 0.0394. The first-order valence-electron chi connectivity index (χ1n) is 10.9. The molecule has 4 rings (SSSR count). The molecule has 0 saturated carbocycles. The number of benzene rings is 2. The fourth-order valence-corrected chi connectivity index (χ4v) is 4.44. The van der Waals surface area contributed by atoms with Crippen molar-refractivity contribution in [2.24, 2.45) is 0 Å². The number of hydrogen-bond acceptors (Lipinski definition) is 4. The summed E-state index contributed by atoms with van der Waals surface area (Å²) in [6.07, 6.45) is 1.63. The molecule has 2 saturated heterocycles. The zero-order valence-electron chi connectivity index (χ0n) is 18.2. The number of aryl methyl sites for hydroxylation is 1. The second kappa shape index (κ2) is 9.20. The molecule has 2 aliphatic rings. The van der Waals surface area contributed by atoms with E-state index in [0.717, 1.165) is 29.5 Å². The Labute approximate surface area is 183 Å². The highest BCUT2D eigenvalue weighted by Gasteiger charge is 2.45. The highest BCUT2D eigenvalue weighted by molar-refractivity contribution is 5.88. The maximum absolute atomic E-state index is 13.0. The summed E-state index contributed by atoms with van der Waals surface area (Å²) >= 11 is 0. The minimum atomic E-state index is -1.12. The van der Waals surface area contributed by atoms with Crippen LogP contribution in [-0.2, 0) is 25.5 Å². The molecule has 0 aliphatic carbocycles. The van der Waals surface area contributed by atoms with Crippen molar-refractivity contribution < 1.29 is 19.1 Å². The number of likely N-dealkylation sites (N-methyl/N-ethyl adjacent to an activating group) is 1. The van der Waals surface area contributed by atoms with Crippen LogP contribution in [0.25, 0.3) is 11.1 Å². The van der Waals surface area contributed by atoms with E-state index in [0.29, 0.717) is 26.2 Å². The van der Waals surface area contributed by atoms with Crippen LogP contribution >= 0.6 is 0 Å². The van der Waals surface area contributed by atoms with E-state index in [4.69, 9.17) is 9.47 Å². The Morgan fingerprint density at radius 1 is 1.13 bits per heavy atom. The van der Waals surface area contributed by atoms with Crippen molar-refractivity contribution in [1.82, 2.24) is 10.2 Å². The SMILES string of the molecule is CNC(=O)C1(Cc2cccc(-c3ccc(C)cc3)c2)CN(C(=O)C2CCCO2)CCO1. The molecule has 0 radical (unpaired) electrons. The number of nitrogens with one attached hydrogen (secondary N) is 1. The fourth-order valence-electron chi connectivity index (χ4n) is 4.44. The van der Waals surface area contributed by atoms with E-state index < -0.39 is 11.7 Å². The quantitative estimate of drug-likeness (QED) is 0.805. The first kappa shape index (κ1) is 21.5. The Morgan fingerprint density at radius 3 is 2.65 bits per heavy atom. The van der Waals surface area contributed by atoms with Crippen molar-refractivity contribution in [3.8, 4) is 11.1 Å². The molecule has 2 aliphatic heterocycles. The average molecular weight is 423 g/mol. The number of ether oxygens (including phenoxy) is 2.